The van der Waals surface area contributed by atoms with Crippen LogP contribution in [0.4, 0.5) is 0 Å². The molecule has 0 spiro atoms. The first-order valence-corrected chi connectivity index (χ1v) is 7.13. The zero-order chi connectivity index (χ0) is 16.5. The van der Waals surface area contributed by atoms with Crippen LogP contribution in [-0.2, 0) is 16.0 Å². The number of benzene rings is 2. The van der Waals surface area contributed by atoms with Gasteiger partial charge < -0.3 is 14.2 Å². The number of hydrogen-bond donors (Lipinski definition) is 0. The maximum Gasteiger partial charge on any atom is 0.344 e. The molecule has 0 atom stereocenters. The second-order valence-electron chi connectivity index (χ2n) is 4.74. The number of rotatable bonds is 7. The molecular formula is C18H17NO4. The number of ether oxygens (including phenoxy) is 3. The maximum absolute atomic E-state index is 11.6. The topological polar surface area (TPSA) is 68.6 Å². The van der Waals surface area contributed by atoms with Crippen molar-refractivity contribution in [3.63, 3.8) is 0 Å². The third-order valence-corrected chi connectivity index (χ3v) is 3.15. The van der Waals surface area contributed by atoms with Gasteiger partial charge in [0.1, 0.15) is 11.5 Å². The summed E-state index contributed by atoms with van der Waals surface area (Å²) in [7, 11) is 1.62. The molecule has 0 fully saturated rings. The van der Waals surface area contributed by atoms with Crippen molar-refractivity contribution >= 4 is 5.97 Å². The van der Waals surface area contributed by atoms with Gasteiger partial charge in [-0.15, -0.1) is 0 Å². The number of nitriles is 1. The van der Waals surface area contributed by atoms with Gasteiger partial charge in [-0.3, -0.25) is 0 Å². The van der Waals surface area contributed by atoms with Crippen molar-refractivity contribution in [2.24, 2.45) is 0 Å². The Morgan fingerprint density at radius 2 is 1.70 bits per heavy atom. The highest BCUT2D eigenvalue weighted by Gasteiger charge is 2.05. The number of nitrogens with zero attached hydrogens (tertiary/aromatic N) is 1. The van der Waals surface area contributed by atoms with E-state index in [2.05, 4.69) is 0 Å². The monoisotopic (exact) mass is 311 g/mol. The first-order valence-electron chi connectivity index (χ1n) is 7.13. The fourth-order valence-electron chi connectivity index (χ4n) is 1.88. The molecule has 0 aliphatic carbocycles. The Balaban J connectivity index is 1.69. The first-order chi connectivity index (χ1) is 11.2. The second kappa shape index (κ2) is 8.44. The van der Waals surface area contributed by atoms with Crippen LogP contribution in [0.5, 0.6) is 11.5 Å². The van der Waals surface area contributed by atoms with E-state index in [-0.39, 0.29) is 6.61 Å². The summed E-state index contributed by atoms with van der Waals surface area (Å²) >= 11 is 0. The summed E-state index contributed by atoms with van der Waals surface area (Å²) in [5.41, 5.74) is 1.60. The van der Waals surface area contributed by atoms with Crippen molar-refractivity contribution in [1.29, 1.82) is 5.26 Å². The molecule has 0 aromatic heterocycles. The van der Waals surface area contributed by atoms with E-state index >= 15 is 0 Å². The van der Waals surface area contributed by atoms with Crippen LogP contribution in [0, 0.1) is 11.3 Å². The molecule has 5 nitrogen and oxygen atoms in total. The fourth-order valence-corrected chi connectivity index (χ4v) is 1.88. The SMILES string of the molecule is COc1ccc(CCOC(=O)COc2ccc(C#N)cc2)cc1. The van der Waals surface area contributed by atoms with Gasteiger partial charge in [-0.1, -0.05) is 12.1 Å². The summed E-state index contributed by atoms with van der Waals surface area (Å²) in [4.78, 5) is 11.6. The molecule has 0 heterocycles. The van der Waals surface area contributed by atoms with Crippen molar-refractivity contribution in [3.8, 4) is 17.6 Å². The minimum Gasteiger partial charge on any atom is -0.497 e. The summed E-state index contributed by atoms with van der Waals surface area (Å²) in [6, 6.07) is 16.2. The van der Waals surface area contributed by atoms with Gasteiger partial charge in [0.2, 0.25) is 0 Å². The lowest BCUT2D eigenvalue weighted by molar-refractivity contribution is -0.145. The highest BCUT2D eigenvalue weighted by molar-refractivity contribution is 5.71. The third kappa shape index (κ3) is 5.36. The molecule has 0 amide bonds. The molecule has 0 bridgehead atoms. The minimum atomic E-state index is -0.428. The zero-order valence-corrected chi connectivity index (χ0v) is 12.8. The quantitative estimate of drug-likeness (QED) is 0.735. The van der Waals surface area contributed by atoms with Crippen LogP contribution >= 0.6 is 0 Å². The van der Waals surface area contributed by atoms with Crippen LogP contribution in [0.2, 0.25) is 0 Å². The Kier molecular flexibility index (Phi) is 6.01. The van der Waals surface area contributed by atoms with Gasteiger partial charge in [0.25, 0.3) is 0 Å². The van der Waals surface area contributed by atoms with Crippen molar-refractivity contribution < 1.29 is 19.0 Å². The van der Waals surface area contributed by atoms with E-state index in [1.54, 1.807) is 31.4 Å². The van der Waals surface area contributed by atoms with E-state index in [0.717, 1.165) is 11.3 Å². The van der Waals surface area contributed by atoms with Crippen molar-refractivity contribution in [2.75, 3.05) is 20.3 Å². The van der Waals surface area contributed by atoms with E-state index in [1.165, 1.54) is 0 Å². The predicted molar refractivity (Wildman–Crippen MR) is 84.3 cm³/mol. The van der Waals surface area contributed by atoms with Crippen LogP contribution < -0.4 is 9.47 Å². The highest BCUT2D eigenvalue weighted by Crippen LogP contribution is 2.12. The predicted octanol–water partition coefficient (Wildman–Crippen LogP) is 2.73. The smallest absolute Gasteiger partial charge is 0.344 e. The molecule has 5 heteroatoms. The van der Waals surface area contributed by atoms with Gasteiger partial charge >= 0.3 is 5.97 Å². The van der Waals surface area contributed by atoms with E-state index in [1.807, 2.05) is 30.3 Å². The van der Waals surface area contributed by atoms with Gasteiger partial charge in [-0.2, -0.15) is 5.26 Å². The Morgan fingerprint density at radius 1 is 1.04 bits per heavy atom. The Hall–Kier alpha value is -3.00. The molecule has 0 radical (unpaired) electrons. The lowest BCUT2D eigenvalue weighted by Gasteiger charge is -2.07. The summed E-state index contributed by atoms with van der Waals surface area (Å²) < 4.78 is 15.5. The molecule has 2 aromatic rings. The summed E-state index contributed by atoms with van der Waals surface area (Å²) in [5.74, 6) is 0.889. The molecule has 0 aliphatic rings. The van der Waals surface area contributed by atoms with Crippen LogP contribution in [0.1, 0.15) is 11.1 Å². The normalized spacial score (nSPS) is 9.74. The molecule has 0 saturated heterocycles. The average molecular weight is 311 g/mol. The minimum absolute atomic E-state index is 0.158. The van der Waals surface area contributed by atoms with Gasteiger partial charge in [-0.05, 0) is 42.0 Å². The maximum atomic E-state index is 11.6. The zero-order valence-electron chi connectivity index (χ0n) is 12.8. The number of carbonyl (C=O) groups is 1. The molecule has 2 aromatic carbocycles. The molecule has 23 heavy (non-hydrogen) atoms. The fraction of sp³-hybridized carbons (Fsp3) is 0.222. The molecule has 0 aliphatic heterocycles. The van der Waals surface area contributed by atoms with E-state index in [9.17, 15) is 4.79 Å². The summed E-state index contributed by atoms with van der Waals surface area (Å²) in [5, 5.41) is 8.70. The molecule has 0 saturated carbocycles. The lowest BCUT2D eigenvalue weighted by Crippen LogP contribution is -2.16. The number of carbonyl (C=O) groups excluding carboxylic acids is 1. The molecule has 2 rings (SSSR count). The van der Waals surface area contributed by atoms with Crippen LogP contribution in [0.3, 0.4) is 0 Å². The first kappa shape index (κ1) is 16.4. The van der Waals surface area contributed by atoms with Gasteiger partial charge in [0.05, 0.1) is 25.3 Å². The van der Waals surface area contributed by atoms with Crippen LogP contribution in [0.15, 0.2) is 48.5 Å². The Labute approximate surface area is 135 Å². The number of hydrogen-bond acceptors (Lipinski definition) is 5. The van der Waals surface area contributed by atoms with E-state index in [4.69, 9.17) is 19.5 Å². The van der Waals surface area contributed by atoms with Gasteiger partial charge in [0.15, 0.2) is 6.61 Å². The van der Waals surface area contributed by atoms with E-state index < -0.39 is 5.97 Å². The highest BCUT2D eigenvalue weighted by atomic mass is 16.6. The third-order valence-electron chi connectivity index (χ3n) is 3.15. The Bertz CT molecular complexity index is 672. The molecule has 0 N–H and O–H groups in total. The lowest BCUT2D eigenvalue weighted by atomic mass is 10.1. The standard InChI is InChI=1S/C18H17NO4/c1-21-16-6-2-14(3-7-16)10-11-22-18(20)13-23-17-8-4-15(12-19)5-9-17/h2-9H,10-11,13H2,1H3. The second-order valence-corrected chi connectivity index (χ2v) is 4.74. The largest absolute Gasteiger partial charge is 0.497 e. The van der Waals surface area contributed by atoms with E-state index in [0.29, 0.717) is 24.3 Å². The number of methoxy groups -OCH3 is 1. The molecule has 0 unspecified atom stereocenters. The number of esters is 1. The Morgan fingerprint density at radius 3 is 2.30 bits per heavy atom. The van der Waals surface area contributed by atoms with Crippen LogP contribution in [0.25, 0.3) is 0 Å². The summed E-state index contributed by atoms with van der Waals surface area (Å²) in [6.45, 7) is 0.135. The molecule has 118 valence electrons. The van der Waals surface area contributed by atoms with Gasteiger partial charge in [-0.25, -0.2) is 4.79 Å². The van der Waals surface area contributed by atoms with Crippen molar-refractivity contribution in [3.05, 3.63) is 59.7 Å². The van der Waals surface area contributed by atoms with Crippen molar-refractivity contribution in [2.45, 2.75) is 6.42 Å². The molecular weight excluding hydrogens is 294 g/mol. The van der Waals surface area contributed by atoms with Gasteiger partial charge in [0, 0.05) is 6.42 Å². The van der Waals surface area contributed by atoms with Crippen LogP contribution in [-0.4, -0.2) is 26.3 Å². The average Bonchev–Trinajstić information content (AvgIpc) is 2.61. The summed E-state index contributed by atoms with van der Waals surface area (Å²) in [6.07, 6.45) is 0.632. The van der Waals surface area contributed by atoms with Crippen molar-refractivity contribution in [1.82, 2.24) is 0 Å².